The number of hydrogen-bond donors (Lipinski definition) is 2. The molecule has 0 amide bonds. The number of aromatic nitrogens is 3. The molecule has 1 aromatic carbocycles. The van der Waals surface area contributed by atoms with Gasteiger partial charge in [-0.05, 0) is 38.5 Å². The monoisotopic (exact) mass is 454 g/mol. The van der Waals surface area contributed by atoms with Crippen LogP contribution in [0.5, 0.6) is 0 Å². The molecule has 0 unspecified atom stereocenters. The highest BCUT2D eigenvalue weighted by Crippen LogP contribution is 2.39. The molecular formula is C23H21F3N6O. The zero-order valence-electron chi connectivity index (χ0n) is 18.0. The summed E-state index contributed by atoms with van der Waals surface area (Å²) in [5.41, 5.74) is 0.285. The Bertz CT molecular complexity index is 1210. The summed E-state index contributed by atoms with van der Waals surface area (Å²) in [7, 11) is 0. The molecule has 0 aliphatic carbocycles. The van der Waals surface area contributed by atoms with Crippen LogP contribution in [-0.2, 0) is 24.7 Å². The summed E-state index contributed by atoms with van der Waals surface area (Å²) in [6.45, 7) is 11.1. The third-order valence-corrected chi connectivity index (χ3v) is 5.49. The molecule has 1 aliphatic heterocycles. The summed E-state index contributed by atoms with van der Waals surface area (Å²) < 4.78 is 40.1. The topological polar surface area (TPSA) is 78.5 Å². The van der Waals surface area contributed by atoms with Crippen molar-refractivity contribution in [2.75, 3.05) is 16.8 Å². The van der Waals surface area contributed by atoms with E-state index < -0.39 is 23.0 Å². The van der Waals surface area contributed by atoms with Crippen LogP contribution in [0, 0.1) is 6.57 Å². The first-order valence-corrected chi connectivity index (χ1v) is 10.2. The van der Waals surface area contributed by atoms with Gasteiger partial charge in [-0.25, -0.2) is 19.8 Å². The highest BCUT2D eigenvalue weighted by Gasteiger charge is 2.34. The van der Waals surface area contributed by atoms with Crippen LogP contribution in [0.15, 0.2) is 42.9 Å². The highest BCUT2D eigenvalue weighted by molar-refractivity contribution is 5.64. The number of hydrogen-bond acceptors (Lipinski definition) is 6. The van der Waals surface area contributed by atoms with Gasteiger partial charge in [-0.1, -0.05) is 12.1 Å². The molecule has 0 atom stereocenters. The predicted octanol–water partition coefficient (Wildman–Crippen LogP) is 4.97. The summed E-state index contributed by atoms with van der Waals surface area (Å²) in [6, 6.07) is 7.27. The molecular weight excluding hydrogens is 433 g/mol. The fourth-order valence-corrected chi connectivity index (χ4v) is 3.68. The minimum absolute atomic E-state index is 0.312. The SMILES string of the molecule is [C-]#[N+]c1ccc(N2CCc3c(ncnc3Nc3ccc(C(C)(C)O)cn3)C2)cc1C(F)(F)F. The van der Waals surface area contributed by atoms with Gasteiger partial charge in [0.1, 0.15) is 18.0 Å². The van der Waals surface area contributed by atoms with Gasteiger partial charge >= 0.3 is 6.18 Å². The first kappa shape index (κ1) is 22.5. The van der Waals surface area contributed by atoms with E-state index in [1.807, 2.05) is 0 Å². The Labute approximate surface area is 188 Å². The van der Waals surface area contributed by atoms with Crippen molar-refractivity contribution in [2.24, 2.45) is 0 Å². The molecule has 7 nitrogen and oxygen atoms in total. The van der Waals surface area contributed by atoms with E-state index in [1.54, 1.807) is 37.1 Å². The Kier molecular flexibility index (Phi) is 5.68. The zero-order valence-corrected chi connectivity index (χ0v) is 18.0. The maximum Gasteiger partial charge on any atom is 0.407 e. The average Bonchev–Trinajstić information content (AvgIpc) is 2.77. The maximum absolute atomic E-state index is 13.4. The first-order chi connectivity index (χ1) is 15.6. The van der Waals surface area contributed by atoms with E-state index in [-0.39, 0.29) is 0 Å². The third kappa shape index (κ3) is 4.73. The van der Waals surface area contributed by atoms with E-state index in [2.05, 4.69) is 25.1 Å². The van der Waals surface area contributed by atoms with Crippen molar-refractivity contribution >= 4 is 23.0 Å². The molecule has 0 saturated carbocycles. The summed E-state index contributed by atoms with van der Waals surface area (Å²) >= 11 is 0. The quantitative estimate of drug-likeness (QED) is 0.542. The van der Waals surface area contributed by atoms with Gasteiger partial charge < -0.3 is 15.3 Å². The standard InChI is InChI=1S/C23H21F3N6O/c1-22(2,33)14-4-7-20(28-11-14)31-21-16-8-9-32(12-19(16)29-13-30-21)15-5-6-18(27-3)17(10-15)23(24,25)26/h4-7,10-11,13,33H,8-9,12H2,1-2H3,(H,28,29,30,31). The maximum atomic E-state index is 13.4. The number of anilines is 3. The second kappa shape index (κ2) is 8.33. The number of aliphatic hydroxyl groups is 1. The molecule has 2 aromatic heterocycles. The number of pyridine rings is 1. The van der Waals surface area contributed by atoms with Gasteiger partial charge in [-0.2, -0.15) is 13.2 Å². The van der Waals surface area contributed by atoms with Crippen LogP contribution in [0.1, 0.15) is 36.2 Å². The molecule has 4 rings (SSSR count). The molecule has 10 heteroatoms. The predicted molar refractivity (Wildman–Crippen MR) is 117 cm³/mol. The van der Waals surface area contributed by atoms with Gasteiger partial charge in [0.25, 0.3) is 0 Å². The smallest absolute Gasteiger partial charge is 0.386 e. The fourth-order valence-electron chi connectivity index (χ4n) is 3.68. The van der Waals surface area contributed by atoms with Crippen molar-refractivity contribution in [3.63, 3.8) is 0 Å². The van der Waals surface area contributed by atoms with Gasteiger partial charge in [0.15, 0.2) is 5.69 Å². The fraction of sp³-hybridized carbons (Fsp3) is 0.304. The van der Waals surface area contributed by atoms with Crippen molar-refractivity contribution in [3.8, 4) is 0 Å². The molecule has 0 spiro atoms. The van der Waals surface area contributed by atoms with Crippen LogP contribution in [-0.4, -0.2) is 26.6 Å². The Balaban J connectivity index is 1.57. The third-order valence-electron chi connectivity index (χ3n) is 5.49. The van der Waals surface area contributed by atoms with Gasteiger partial charge in [-0.15, -0.1) is 0 Å². The average molecular weight is 454 g/mol. The molecule has 3 aromatic rings. The van der Waals surface area contributed by atoms with Crippen LogP contribution < -0.4 is 10.2 Å². The number of nitrogens with one attached hydrogen (secondary N) is 1. The Morgan fingerprint density at radius 3 is 2.55 bits per heavy atom. The Morgan fingerprint density at radius 1 is 1.12 bits per heavy atom. The van der Waals surface area contributed by atoms with E-state index >= 15 is 0 Å². The molecule has 0 radical (unpaired) electrons. The van der Waals surface area contributed by atoms with Gasteiger partial charge in [0.05, 0.1) is 30.0 Å². The number of benzene rings is 1. The number of nitrogens with zero attached hydrogens (tertiary/aromatic N) is 5. The molecule has 0 saturated heterocycles. The second-order valence-corrected chi connectivity index (χ2v) is 8.25. The molecule has 2 N–H and O–H groups in total. The van der Waals surface area contributed by atoms with Gasteiger partial charge in [0, 0.05) is 29.6 Å². The lowest BCUT2D eigenvalue weighted by molar-refractivity contribution is -0.136. The van der Waals surface area contributed by atoms with Gasteiger partial charge in [-0.3, -0.25) is 0 Å². The largest absolute Gasteiger partial charge is 0.407 e. The minimum Gasteiger partial charge on any atom is -0.386 e. The van der Waals surface area contributed by atoms with Gasteiger partial charge in [0.2, 0.25) is 0 Å². The van der Waals surface area contributed by atoms with Crippen LogP contribution in [0.3, 0.4) is 0 Å². The van der Waals surface area contributed by atoms with Crippen LogP contribution >= 0.6 is 0 Å². The van der Waals surface area contributed by atoms with Crippen LogP contribution in [0.4, 0.5) is 36.2 Å². The lowest BCUT2D eigenvalue weighted by Gasteiger charge is -2.31. The van der Waals surface area contributed by atoms with E-state index in [1.165, 1.54) is 18.5 Å². The molecule has 33 heavy (non-hydrogen) atoms. The molecule has 170 valence electrons. The Morgan fingerprint density at radius 2 is 1.91 bits per heavy atom. The first-order valence-electron chi connectivity index (χ1n) is 10.2. The second-order valence-electron chi connectivity index (χ2n) is 8.25. The lowest BCUT2D eigenvalue weighted by Crippen LogP contribution is -2.32. The van der Waals surface area contributed by atoms with Crippen molar-refractivity contribution in [3.05, 3.63) is 76.7 Å². The normalized spacial score (nSPS) is 13.9. The molecule has 0 bridgehead atoms. The van der Waals surface area contributed by atoms with Crippen molar-refractivity contribution in [1.29, 1.82) is 0 Å². The Hall–Kier alpha value is -3.71. The van der Waals surface area contributed by atoms with Crippen LogP contribution in [0.25, 0.3) is 4.85 Å². The van der Waals surface area contributed by atoms with E-state index in [0.29, 0.717) is 48.1 Å². The summed E-state index contributed by atoms with van der Waals surface area (Å²) in [4.78, 5) is 17.8. The molecule has 1 aliphatic rings. The zero-order chi connectivity index (χ0) is 23.8. The van der Waals surface area contributed by atoms with Crippen molar-refractivity contribution in [1.82, 2.24) is 15.0 Å². The lowest BCUT2D eigenvalue weighted by atomic mass is 10.0. The minimum atomic E-state index is -4.60. The number of rotatable bonds is 4. The molecule has 3 heterocycles. The van der Waals surface area contributed by atoms with Crippen molar-refractivity contribution < 1.29 is 18.3 Å². The van der Waals surface area contributed by atoms with Crippen molar-refractivity contribution in [2.45, 2.75) is 38.6 Å². The van der Waals surface area contributed by atoms with E-state index in [4.69, 9.17) is 6.57 Å². The van der Waals surface area contributed by atoms with E-state index in [0.717, 1.165) is 11.6 Å². The molecule has 0 fully saturated rings. The number of fused-ring (bicyclic) bond motifs is 1. The summed E-state index contributed by atoms with van der Waals surface area (Å²) in [5.74, 6) is 1.14. The number of alkyl halides is 3. The highest BCUT2D eigenvalue weighted by atomic mass is 19.4. The summed E-state index contributed by atoms with van der Waals surface area (Å²) in [6.07, 6.45) is -1.09. The summed E-state index contributed by atoms with van der Waals surface area (Å²) in [5, 5.41) is 13.2. The van der Waals surface area contributed by atoms with Crippen LogP contribution in [0.2, 0.25) is 0 Å². The van der Waals surface area contributed by atoms with E-state index in [9.17, 15) is 18.3 Å². The number of halogens is 3.